The molecule has 1 saturated heterocycles. The lowest BCUT2D eigenvalue weighted by Gasteiger charge is -2.38. The second-order valence-electron chi connectivity index (χ2n) is 5.93. The predicted octanol–water partition coefficient (Wildman–Crippen LogP) is 1.32. The summed E-state index contributed by atoms with van der Waals surface area (Å²) in [6.07, 6.45) is 1.79. The van der Waals surface area contributed by atoms with Crippen LogP contribution in [0.2, 0.25) is 0 Å². The summed E-state index contributed by atoms with van der Waals surface area (Å²) >= 11 is 1.56. The van der Waals surface area contributed by atoms with Gasteiger partial charge in [-0.25, -0.2) is 4.98 Å². The first-order chi connectivity index (χ1) is 8.77. The molecule has 0 spiro atoms. The van der Waals surface area contributed by atoms with Gasteiger partial charge in [-0.3, -0.25) is 9.59 Å². The van der Waals surface area contributed by atoms with Crippen molar-refractivity contribution in [3.05, 3.63) is 16.1 Å². The molecule has 2 rings (SSSR count). The van der Waals surface area contributed by atoms with Crippen molar-refractivity contribution >= 4 is 23.2 Å². The van der Waals surface area contributed by atoms with Crippen LogP contribution in [0, 0.1) is 12.3 Å². The van der Waals surface area contributed by atoms with E-state index >= 15 is 0 Å². The van der Waals surface area contributed by atoms with E-state index in [-0.39, 0.29) is 23.8 Å². The first kappa shape index (κ1) is 14.0. The second kappa shape index (κ2) is 4.92. The third kappa shape index (κ3) is 3.12. The number of carbonyl (C=O) groups excluding carboxylic acids is 2. The lowest BCUT2D eigenvalue weighted by molar-refractivity contribution is -0.147. The van der Waals surface area contributed by atoms with Crippen molar-refractivity contribution in [3.63, 3.8) is 0 Å². The van der Waals surface area contributed by atoms with Crippen molar-refractivity contribution in [2.75, 3.05) is 6.54 Å². The zero-order valence-corrected chi connectivity index (χ0v) is 12.5. The summed E-state index contributed by atoms with van der Waals surface area (Å²) in [5.41, 5.74) is -0.287. The van der Waals surface area contributed by atoms with Crippen LogP contribution in [-0.2, 0) is 16.1 Å². The van der Waals surface area contributed by atoms with E-state index in [9.17, 15) is 9.59 Å². The smallest absolute Gasteiger partial charge is 0.246 e. The average molecular weight is 281 g/mol. The number of thiazole rings is 1. The van der Waals surface area contributed by atoms with Gasteiger partial charge in [0.1, 0.15) is 17.6 Å². The summed E-state index contributed by atoms with van der Waals surface area (Å²) in [5, 5.41) is 3.65. The summed E-state index contributed by atoms with van der Waals surface area (Å²) < 4.78 is 0. The molecule has 5 nitrogen and oxygen atoms in total. The number of nitrogens with zero attached hydrogens (tertiary/aromatic N) is 2. The van der Waals surface area contributed by atoms with Crippen LogP contribution in [0.5, 0.6) is 0 Å². The molecule has 1 unspecified atom stereocenters. The molecule has 19 heavy (non-hydrogen) atoms. The van der Waals surface area contributed by atoms with Crippen LogP contribution in [0.25, 0.3) is 0 Å². The van der Waals surface area contributed by atoms with E-state index in [4.69, 9.17) is 0 Å². The number of aromatic nitrogens is 1. The minimum atomic E-state index is -0.463. The second-order valence-corrected chi connectivity index (χ2v) is 7.24. The van der Waals surface area contributed by atoms with E-state index in [1.807, 2.05) is 27.7 Å². The van der Waals surface area contributed by atoms with Gasteiger partial charge in [0.15, 0.2) is 0 Å². The number of hydrogen-bond donors (Lipinski definition) is 1. The minimum absolute atomic E-state index is 0.0278. The van der Waals surface area contributed by atoms with Gasteiger partial charge in [0.05, 0.1) is 6.54 Å². The number of aryl methyl sites for hydroxylation is 1. The minimum Gasteiger partial charge on any atom is -0.342 e. The fourth-order valence-corrected chi connectivity index (χ4v) is 2.86. The number of rotatable bonds is 2. The van der Waals surface area contributed by atoms with Crippen molar-refractivity contribution in [3.8, 4) is 0 Å². The standard InChI is InChI=1S/C13H19N3O2S/c1-8-5-14-10(19-8)7-16-6-9(17)15-11(12(16)18)13(2,3)4/h5,11H,6-7H2,1-4H3,(H,15,17). The molecule has 2 heterocycles. The molecule has 1 atom stereocenters. The van der Waals surface area contributed by atoms with Gasteiger partial charge in [-0.05, 0) is 12.3 Å². The van der Waals surface area contributed by atoms with Crippen molar-refractivity contribution < 1.29 is 9.59 Å². The van der Waals surface area contributed by atoms with Gasteiger partial charge < -0.3 is 10.2 Å². The van der Waals surface area contributed by atoms with Gasteiger partial charge in [-0.2, -0.15) is 0 Å². The molecular weight excluding hydrogens is 262 g/mol. The molecule has 0 aliphatic carbocycles. The molecule has 1 aliphatic rings. The maximum atomic E-state index is 12.4. The Morgan fingerprint density at radius 2 is 2.16 bits per heavy atom. The van der Waals surface area contributed by atoms with Gasteiger partial charge in [0.2, 0.25) is 11.8 Å². The number of amides is 2. The van der Waals surface area contributed by atoms with E-state index in [1.54, 1.807) is 22.4 Å². The molecule has 1 aromatic rings. The fourth-order valence-electron chi connectivity index (χ4n) is 2.06. The molecule has 0 bridgehead atoms. The number of carbonyl (C=O) groups is 2. The lowest BCUT2D eigenvalue weighted by atomic mass is 9.85. The van der Waals surface area contributed by atoms with E-state index in [1.165, 1.54) is 0 Å². The van der Waals surface area contributed by atoms with Gasteiger partial charge in [-0.15, -0.1) is 11.3 Å². The van der Waals surface area contributed by atoms with Crippen LogP contribution < -0.4 is 5.32 Å². The van der Waals surface area contributed by atoms with Gasteiger partial charge in [-0.1, -0.05) is 20.8 Å². The Kier molecular flexibility index (Phi) is 3.62. The molecule has 104 valence electrons. The van der Waals surface area contributed by atoms with Crippen LogP contribution in [0.3, 0.4) is 0 Å². The number of hydrogen-bond acceptors (Lipinski definition) is 4. The molecule has 0 aromatic carbocycles. The molecule has 0 saturated carbocycles. The molecule has 1 fully saturated rings. The van der Waals surface area contributed by atoms with Crippen LogP contribution in [0.1, 0.15) is 30.7 Å². The summed E-state index contributed by atoms with van der Waals surface area (Å²) in [4.78, 5) is 31.1. The first-order valence-electron chi connectivity index (χ1n) is 6.27. The number of nitrogens with one attached hydrogen (secondary N) is 1. The Hall–Kier alpha value is -1.43. The highest BCUT2D eigenvalue weighted by atomic mass is 32.1. The molecule has 2 amide bonds. The Balaban J connectivity index is 2.16. The highest BCUT2D eigenvalue weighted by molar-refractivity contribution is 7.11. The molecule has 1 aliphatic heterocycles. The highest BCUT2D eigenvalue weighted by Gasteiger charge is 2.39. The van der Waals surface area contributed by atoms with Gasteiger partial charge >= 0.3 is 0 Å². The fraction of sp³-hybridized carbons (Fsp3) is 0.615. The summed E-state index contributed by atoms with van der Waals surface area (Å²) in [5.74, 6) is -0.132. The largest absolute Gasteiger partial charge is 0.342 e. The lowest BCUT2D eigenvalue weighted by Crippen LogP contribution is -2.61. The normalized spacial score (nSPS) is 20.6. The Morgan fingerprint density at radius 3 is 2.68 bits per heavy atom. The van der Waals surface area contributed by atoms with Crippen molar-refractivity contribution in [1.29, 1.82) is 0 Å². The third-order valence-corrected chi connectivity index (χ3v) is 3.96. The van der Waals surface area contributed by atoms with Gasteiger partial charge in [0.25, 0.3) is 0 Å². The first-order valence-corrected chi connectivity index (χ1v) is 7.08. The zero-order chi connectivity index (χ0) is 14.2. The van der Waals surface area contributed by atoms with E-state index < -0.39 is 6.04 Å². The van der Waals surface area contributed by atoms with Crippen molar-refractivity contribution in [2.24, 2.45) is 5.41 Å². The van der Waals surface area contributed by atoms with Crippen molar-refractivity contribution in [2.45, 2.75) is 40.3 Å². The monoisotopic (exact) mass is 281 g/mol. The summed E-state index contributed by atoms with van der Waals surface area (Å²) in [6, 6.07) is -0.463. The Morgan fingerprint density at radius 1 is 1.47 bits per heavy atom. The quantitative estimate of drug-likeness (QED) is 0.889. The predicted molar refractivity (Wildman–Crippen MR) is 73.7 cm³/mol. The van der Waals surface area contributed by atoms with E-state index in [2.05, 4.69) is 10.3 Å². The Labute approximate surface area is 117 Å². The van der Waals surface area contributed by atoms with Crippen LogP contribution >= 0.6 is 11.3 Å². The van der Waals surface area contributed by atoms with Crippen LogP contribution in [0.15, 0.2) is 6.20 Å². The van der Waals surface area contributed by atoms with Crippen LogP contribution in [-0.4, -0.2) is 34.3 Å². The van der Waals surface area contributed by atoms with Crippen LogP contribution in [0.4, 0.5) is 0 Å². The number of piperazine rings is 1. The molecule has 6 heteroatoms. The third-order valence-electron chi connectivity index (χ3n) is 3.06. The average Bonchev–Trinajstić information content (AvgIpc) is 2.67. The molecule has 1 aromatic heterocycles. The zero-order valence-electron chi connectivity index (χ0n) is 11.7. The Bertz CT molecular complexity index is 504. The van der Waals surface area contributed by atoms with Crippen molar-refractivity contribution in [1.82, 2.24) is 15.2 Å². The maximum Gasteiger partial charge on any atom is 0.246 e. The maximum absolute atomic E-state index is 12.4. The highest BCUT2D eigenvalue weighted by Crippen LogP contribution is 2.24. The molecule has 0 radical (unpaired) electrons. The SMILES string of the molecule is Cc1cnc(CN2CC(=O)NC(C(C)(C)C)C2=O)s1. The molecule has 1 N–H and O–H groups in total. The summed E-state index contributed by atoms with van der Waals surface area (Å²) in [6.45, 7) is 8.36. The van der Waals surface area contributed by atoms with E-state index in [0.29, 0.717) is 6.54 Å². The van der Waals surface area contributed by atoms with Gasteiger partial charge in [0, 0.05) is 11.1 Å². The van der Waals surface area contributed by atoms with E-state index in [0.717, 1.165) is 9.88 Å². The topological polar surface area (TPSA) is 62.3 Å². The summed E-state index contributed by atoms with van der Waals surface area (Å²) in [7, 11) is 0. The molecular formula is C13H19N3O2S.